The molecular weight excluding hydrogens is 160 g/mol. The zero-order chi connectivity index (χ0) is 7.40. The van der Waals surface area contributed by atoms with Crippen LogP contribution in [0.4, 0.5) is 0 Å². The predicted molar refractivity (Wildman–Crippen MR) is 51.4 cm³/mol. The van der Waals surface area contributed by atoms with Crippen molar-refractivity contribution < 1.29 is 0 Å². The van der Waals surface area contributed by atoms with Gasteiger partial charge in [-0.05, 0) is 18.8 Å². The van der Waals surface area contributed by atoms with Gasteiger partial charge in [0.1, 0.15) is 0 Å². The average molecular weight is 177 g/mol. The fourth-order valence-corrected chi connectivity index (χ4v) is 1.04. The van der Waals surface area contributed by atoms with Crippen LogP contribution in [0.5, 0.6) is 0 Å². The van der Waals surface area contributed by atoms with E-state index in [-0.39, 0.29) is 12.4 Å². The minimum absolute atomic E-state index is 0. The third kappa shape index (κ3) is 4.25. The van der Waals surface area contributed by atoms with E-state index in [4.69, 9.17) is 0 Å². The van der Waals surface area contributed by atoms with Gasteiger partial charge in [0.2, 0.25) is 0 Å². The van der Waals surface area contributed by atoms with Gasteiger partial charge >= 0.3 is 0 Å². The van der Waals surface area contributed by atoms with Crippen LogP contribution in [0, 0.1) is 5.92 Å². The number of halogens is 1. The summed E-state index contributed by atoms with van der Waals surface area (Å²) in [6.07, 6.45) is 4.65. The zero-order valence-corrected chi connectivity index (χ0v) is 8.10. The number of hydrogen-bond acceptors (Lipinski definition) is 2. The summed E-state index contributed by atoms with van der Waals surface area (Å²) in [5.74, 6) is 0.584. The molecule has 0 bridgehead atoms. The molecule has 11 heavy (non-hydrogen) atoms. The van der Waals surface area contributed by atoms with Crippen LogP contribution in [0.1, 0.15) is 26.7 Å². The summed E-state index contributed by atoms with van der Waals surface area (Å²) in [7, 11) is 0. The summed E-state index contributed by atoms with van der Waals surface area (Å²) in [5, 5.41) is 6.48. The van der Waals surface area contributed by atoms with Gasteiger partial charge in [-0.15, -0.1) is 12.4 Å². The molecule has 0 aromatic carbocycles. The van der Waals surface area contributed by atoms with Crippen LogP contribution in [0.2, 0.25) is 0 Å². The maximum absolute atomic E-state index is 4.33. The topological polar surface area (TPSA) is 15.6 Å². The Labute approximate surface area is 75.1 Å². The van der Waals surface area contributed by atoms with Gasteiger partial charge in [-0.1, -0.05) is 13.8 Å². The number of hydrazone groups is 1. The van der Waals surface area contributed by atoms with E-state index in [1.165, 1.54) is 12.8 Å². The van der Waals surface area contributed by atoms with Crippen molar-refractivity contribution in [3.05, 3.63) is 0 Å². The summed E-state index contributed by atoms with van der Waals surface area (Å²) in [4.78, 5) is 0. The lowest BCUT2D eigenvalue weighted by Gasteiger charge is -2.09. The molecule has 0 amide bonds. The first kappa shape index (κ1) is 10.8. The molecule has 1 saturated heterocycles. The molecule has 0 unspecified atom stereocenters. The predicted octanol–water partition coefficient (Wildman–Crippen LogP) is 2.15. The number of hydrogen-bond donors (Lipinski definition) is 0. The van der Waals surface area contributed by atoms with Crippen molar-refractivity contribution in [2.45, 2.75) is 26.7 Å². The monoisotopic (exact) mass is 176 g/mol. The first-order chi connectivity index (χ1) is 4.79. The van der Waals surface area contributed by atoms with Crippen LogP contribution in [0.25, 0.3) is 0 Å². The molecule has 1 fully saturated rings. The van der Waals surface area contributed by atoms with Crippen molar-refractivity contribution in [3.8, 4) is 0 Å². The third-order valence-corrected chi connectivity index (χ3v) is 1.61. The smallest absolute Gasteiger partial charge is 0.0360 e. The van der Waals surface area contributed by atoms with Gasteiger partial charge in [0.05, 0.1) is 0 Å². The van der Waals surface area contributed by atoms with E-state index in [9.17, 15) is 0 Å². The standard InChI is InChI=1S/C8H16N2.ClH/c1-8(2)7-9-10-5-3-4-6-10;/h7-8H,3-6H2,1-2H3;1H/b9-7+;. The molecule has 66 valence electrons. The van der Waals surface area contributed by atoms with Crippen molar-refractivity contribution in [2.75, 3.05) is 13.1 Å². The molecule has 1 aliphatic heterocycles. The molecule has 0 N–H and O–H groups in total. The third-order valence-electron chi connectivity index (χ3n) is 1.61. The molecule has 0 radical (unpaired) electrons. The second kappa shape index (κ2) is 5.42. The fraction of sp³-hybridized carbons (Fsp3) is 0.875. The van der Waals surface area contributed by atoms with Crippen molar-refractivity contribution in [3.63, 3.8) is 0 Å². The summed E-state index contributed by atoms with van der Waals surface area (Å²) < 4.78 is 0. The van der Waals surface area contributed by atoms with Gasteiger partial charge in [-0.25, -0.2) is 0 Å². The van der Waals surface area contributed by atoms with E-state index in [0.717, 1.165) is 13.1 Å². The summed E-state index contributed by atoms with van der Waals surface area (Å²) in [5.41, 5.74) is 0. The second-order valence-electron chi connectivity index (χ2n) is 3.17. The highest BCUT2D eigenvalue weighted by molar-refractivity contribution is 5.85. The van der Waals surface area contributed by atoms with E-state index in [1.54, 1.807) is 0 Å². The van der Waals surface area contributed by atoms with Gasteiger partial charge < -0.3 is 0 Å². The van der Waals surface area contributed by atoms with E-state index in [1.807, 2.05) is 6.21 Å². The Kier molecular flexibility index (Phi) is 5.30. The fourth-order valence-electron chi connectivity index (χ4n) is 1.04. The molecule has 0 spiro atoms. The molecule has 0 aromatic heterocycles. The summed E-state index contributed by atoms with van der Waals surface area (Å²) >= 11 is 0. The molecule has 1 aliphatic rings. The summed E-state index contributed by atoms with van der Waals surface area (Å²) in [6, 6.07) is 0. The molecule has 1 rings (SSSR count). The maximum atomic E-state index is 4.33. The molecule has 0 atom stereocenters. The van der Waals surface area contributed by atoms with Crippen molar-refractivity contribution in [1.29, 1.82) is 0 Å². The first-order valence-electron chi connectivity index (χ1n) is 4.08. The lowest BCUT2D eigenvalue weighted by atomic mass is 10.3. The molecule has 3 heteroatoms. The van der Waals surface area contributed by atoms with Crippen LogP contribution >= 0.6 is 12.4 Å². The van der Waals surface area contributed by atoms with Crippen molar-refractivity contribution in [1.82, 2.24) is 5.01 Å². The van der Waals surface area contributed by atoms with Crippen LogP contribution in [-0.4, -0.2) is 24.3 Å². The Morgan fingerprint density at radius 1 is 1.27 bits per heavy atom. The lowest BCUT2D eigenvalue weighted by molar-refractivity contribution is 0.360. The Balaban J connectivity index is 0.000001000. The Morgan fingerprint density at radius 3 is 2.27 bits per heavy atom. The molecule has 0 aliphatic carbocycles. The second-order valence-corrected chi connectivity index (χ2v) is 3.17. The van der Waals surface area contributed by atoms with Crippen molar-refractivity contribution in [2.24, 2.45) is 11.0 Å². The van der Waals surface area contributed by atoms with Gasteiger partial charge in [-0.2, -0.15) is 5.10 Å². The lowest BCUT2D eigenvalue weighted by Crippen LogP contribution is -2.12. The van der Waals surface area contributed by atoms with Gasteiger partial charge in [0.15, 0.2) is 0 Å². The SMILES string of the molecule is CC(C)/C=N/N1CCCC1.Cl. The minimum Gasteiger partial charge on any atom is -0.297 e. The quantitative estimate of drug-likeness (QED) is 0.589. The Bertz CT molecular complexity index is 117. The molecular formula is C8H17ClN2. The van der Waals surface area contributed by atoms with E-state index < -0.39 is 0 Å². The van der Waals surface area contributed by atoms with Crippen LogP contribution < -0.4 is 0 Å². The highest BCUT2D eigenvalue weighted by atomic mass is 35.5. The molecule has 0 saturated carbocycles. The van der Waals surface area contributed by atoms with Gasteiger partial charge in [0, 0.05) is 19.3 Å². The van der Waals surface area contributed by atoms with E-state index >= 15 is 0 Å². The van der Waals surface area contributed by atoms with E-state index in [2.05, 4.69) is 24.0 Å². The highest BCUT2D eigenvalue weighted by Gasteiger charge is 2.06. The largest absolute Gasteiger partial charge is 0.297 e. The summed E-state index contributed by atoms with van der Waals surface area (Å²) in [6.45, 7) is 6.62. The molecule has 0 aromatic rings. The van der Waals surface area contributed by atoms with Crippen LogP contribution in [-0.2, 0) is 0 Å². The van der Waals surface area contributed by atoms with Gasteiger partial charge in [0.25, 0.3) is 0 Å². The molecule has 2 nitrogen and oxygen atoms in total. The zero-order valence-electron chi connectivity index (χ0n) is 7.29. The van der Waals surface area contributed by atoms with Crippen LogP contribution in [0.3, 0.4) is 0 Å². The first-order valence-corrected chi connectivity index (χ1v) is 4.08. The van der Waals surface area contributed by atoms with Gasteiger partial charge in [-0.3, -0.25) is 5.01 Å². The Morgan fingerprint density at radius 2 is 1.82 bits per heavy atom. The normalized spacial score (nSPS) is 17.9. The number of rotatable bonds is 2. The molecule has 1 heterocycles. The van der Waals surface area contributed by atoms with Crippen LogP contribution in [0.15, 0.2) is 5.10 Å². The highest BCUT2D eigenvalue weighted by Crippen LogP contribution is 2.06. The Hall–Kier alpha value is -0.240. The maximum Gasteiger partial charge on any atom is 0.0360 e. The van der Waals surface area contributed by atoms with E-state index in [0.29, 0.717) is 5.92 Å². The van der Waals surface area contributed by atoms with Crippen molar-refractivity contribution >= 4 is 18.6 Å². The number of nitrogens with zero attached hydrogens (tertiary/aromatic N) is 2. The minimum atomic E-state index is 0. The average Bonchev–Trinajstić information content (AvgIpc) is 2.34.